The number of amides is 1. The quantitative estimate of drug-likeness (QED) is 0.202. The van der Waals surface area contributed by atoms with Crippen molar-refractivity contribution in [3.05, 3.63) is 112 Å². The lowest BCUT2D eigenvalue weighted by Gasteiger charge is -2.37. The summed E-state index contributed by atoms with van der Waals surface area (Å²) in [4.78, 5) is 42.2. The van der Waals surface area contributed by atoms with Crippen LogP contribution in [0.1, 0.15) is 40.2 Å². The van der Waals surface area contributed by atoms with Crippen LogP contribution in [0.25, 0.3) is 10.8 Å². The van der Waals surface area contributed by atoms with E-state index >= 15 is 0 Å². The molecule has 4 aromatic rings. The average molecular weight is 534 g/mol. The SMILES string of the molecule is COc1ccc2c(c1)[C@]1(C(=O)N2)C(C(=O)c2ccc3ccccc3c2)C(c2ccc([N+](=O)[O-])cc2)C2CCCN21. The minimum Gasteiger partial charge on any atom is -0.497 e. The summed E-state index contributed by atoms with van der Waals surface area (Å²) in [5.74, 6) is -0.819. The number of carbonyl (C=O) groups excluding carboxylic acids is 2. The van der Waals surface area contributed by atoms with Crippen molar-refractivity contribution in [3.63, 3.8) is 0 Å². The highest BCUT2D eigenvalue weighted by Crippen LogP contribution is 2.61. The molecular formula is C32H27N3O5. The molecule has 0 aliphatic carbocycles. The molecule has 0 bridgehead atoms. The third-order valence-corrected chi connectivity index (χ3v) is 9.01. The topological polar surface area (TPSA) is 102 Å². The van der Waals surface area contributed by atoms with Crippen LogP contribution in [0.5, 0.6) is 5.75 Å². The Morgan fingerprint density at radius 2 is 1.80 bits per heavy atom. The van der Waals surface area contributed by atoms with Crippen LogP contribution >= 0.6 is 0 Å². The number of non-ortho nitro benzene ring substituents is 1. The first-order valence-corrected chi connectivity index (χ1v) is 13.5. The first-order valence-electron chi connectivity index (χ1n) is 13.5. The Balaban J connectivity index is 1.47. The normalized spacial score (nSPS) is 25.1. The van der Waals surface area contributed by atoms with Crippen LogP contribution in [0, 0.1) is 16.0 Å². The predicted octanol–water partition coefficient (Wildman–Crippen LogP) is 5.66. The Bertz CT molecular complexity index is 1700. The zero-order chi connectivity index (χ0) is 27.6. The molecule has 2 saturated heterocycles. The number of benzene rings is 4. The lowest BCUT2D eigenvalue weighted by Crippen LogP contribution is -2.52. The maximum atomic E-state index is 14.8. The number of nitro groups is 1. The molecular weight excluding hydrogens is 506 g/mol. The van der Waals surface area contributed by atoms with Gasteiger partial charge in [0.1, 0.15) is 11.3 Å². The summed E-state index contributed by atoms with van der Waals surface area (Å²) in [6, 6.07) is 25.5. The number of anilines is 1. The number of ether oxygens (including phenoxy) is 1. The summed E-state index contributed by atoms with van der Waals surface area (Å²) >= 11 is 0. The number of hydrogen-bond donors (Lipinski definition) is 1. The molecule has 1 N–H and O–H groups in total. The number of hydrogen-bond acceptors (Lipinski definition) is 6. The lowest BCUT2D eigenvalue weighted by molar-refractivity contribution is -0.384. The molecule has 3 unspecified atom stereocenters. The van der Waals surface area contributed by atoms with Crippen LogP contribution in [0.4, 0.5) is 11.4 Å². The van der Waals surface area contributed by atoms with Gasteiger partial charge in [-0.25, -0.2) is 0 Å². The summed E-state index contributed by atoms with van der Waals surface area (Å²) in [5.41, 5.74) is 1.54. The van der Waals surface area contributed by atoms with Crippen molar-refractivity contribution in [2.75, 3.05) is 19.0 Å². The van der Waals surface area contributed by atoms with Crippen molar-refractivity contribution in [1.29, 1.82) is 0 Å². The van der Waals surface area contributed by atoms with Crippen LogP contribution in [0.15, 0.2) is 84.9 Å². The Morgan fingerprint density at radius 3 is 2.55 bits per heavy atom. The summed E-state index contributed by atoms with van der Waals surface area (Å²) < 4.78 is 5.56. The van der Waals surface area contributed by atoms with E-state index in [4.69, 9.17) is 4.74 Å². The van der Waals surface area contributed by atoms with Gasteiger partial charge in [0.25, 0.3) is 5.69 Å². The van der Waals surface area contributed by atoms with Gasteiger partial charge in [-0.3, -0.25) is 24.6 Å². The van der Waals surface area contributed by atoms with Crippen LogP contribution in [0.3, 0.4) is 0 Å². The molecule has 7 rings (SSSR count). The monoisotopic (exact) mass is 533 g/mol. The molecule has 1 amide bonds. The van der Waals surface area contributed by atoms with E-state index in [2.05, 4.69) is 10.2 Å². The van der Waals surface area contributed by atoms with E-state index in [0.717, 1.165) is 34.7 Å². The van der Waals surface area contributed by atoms with Gasteiger partial charge in [0, 0.05) is 40.9 Å². The van der Waals surface area contributed by atoms with E-state index < -0.39 is 16.4 Å². The molecule has 0 saturated carbocycles. The van der Waals surface area contributed by atoms with E-state index in [9.17, 15) is 19.7 Å². The van der Waals surface area contributed by atoms with Crippen molar-refractivity contribution in [1.82, 2.24) is 4.90 Å². The first kappa shape index (κ1) is 24.5. The number of rotatable bonds is 5. The number of nitro benzene ring substituents is 1. The lowest BCUT2D eigenvalue weighted by atomic mass is 9.68. The van der Waals surface area contributed by atoms with Gasteiger partial charge in [0.15, 0.2) is 5.78 Å². The highest BCUT2D eigenvalue weighted by atomic mass is 16.6. The number of ketones is 1. The van der Waals surface area contributed by atoms with Gasteiger partial charge < -0.3 is 10.1 Å². The zero-order valence-corrected chi connectivity index (χ0v) is 21.9. The number of fused-ring (bicyclic) bond motifs is 5. The minimum absolute atomic E-state index is 0.00849. The molecule has 0 aromatic heterocycles. The fourth-order valence-electron chi connectivity index (χ4n) is 7.38. The van der Waals surface area contributed by atoms with Gasteiger partial charge >= 0.3 is 0 Å². The second-order valence-corrected chi connectivity index (χ2v) is 10.8. The molecule has 2 fully saturated rings. The van der Waals surface area contributed by atoms with Gasteiger partial charge in [0.05, 0.1) is 18.0 Å². The Kier molecular flexibility index (Phi) is 5.50. The van der Waals surface area contributed by atoms with Gasteiger partial charge in [-0.2, -0.15) is 0 Å². The summed E-state index contributed by atoms with van der Waals surface area (Å²) in [6.07, 6.45) is 1.71. The number of methoxy groups -OCH3 is 1. The van der Waals surface area contributed by atoms with Crippen molar-refractivity contribution in [2.24, 2.45) is 5.92 Å². The molecule has 4 aromatic carbocycles. The van der Waals surface area contributed by atoms with Crippen LogP contribution in [0.2, 0.25) is 0 Å². The minimum atomic E-state index is -1.24. The van der Waals surface area contributed by atoms with E-state index in [1.165, 1.54) is 12.1 Å². The molecule has 4 atom stereocenters. The summed E-state index contributed by atoms with van der Waals surface area (Å²) in [7, 11) is 1.59. The number of Topliss-reactive ketones (excluding diaryl/α,β-unsaturated/α-hetero) is 1. The van der Waals surface area contributed by atoms with E-state index in [1.54, 1.807) is 19.2 Å². The molecule has 3 aliphatic heterocycles. The van der Waals surface area contributed by atoms with E-state index in [-0.39, 0.29) is 29.3 Å². The third-order valence-electron chi connectivity index (χ3n) is 9.01. The fourth-order valence-corrected chi connectivity index (χ4v) is 7.38. The summed E-state index contributed by atoms with van der Waals surface area (Å²) in [6.45, 7) is 0.666. The molecule has 0 radical (unpaired) electrons. The van der Waals surface area contributed by atoms with Gasteiger partial charge in [0.2, 0.25) is 5.91 Å². The number of carbonyl (C=O) groups is 2. The average Bonchev–Trinajstić information content (AvgIpc) is 3.65. The Hall–Kier alpha value is -4.56. The Labute approximate surface area is 230 Å². The Morgan fingerprint density at radius 1 is 1.02 bits per heavy atom. The summed E-state index contributed by atoms with van der Waals surface area (Å²) in [5, 5.41) is 16.5. The first-order chi connectivity index (χ1) is 19.4. The van der Waals surface area contributed by atoms with Crippen molar-refractivity contribution < 1.29 is 19.2 Å². The van der Waals surface area contributed by atoms with Crippen LogP contribution in [-0.4, -0.2) is 41.2 Å². The van der Waals surface area contributed by atoms with Gasteiger partial charge in [-0.05, 0) is 60.0 Å². The van der Waals surface area contributed by atoms with Crippen molar-refractivity contribution >= 4 is 33.8 Å². The predicted molar refractivity (Wildman–Crippen MR) is 151 cm³/mol. The third kappa shape index (κ3) is 3.35. The molecule has 200 valence electrons. The van der Waals surface area contributed by atoms with Gasteiger partial charge in [-0.15, -0.1) is 0 Å². The molecule has 8 nitrogen and oxygen atoms in total. The largest absolute Gasteiger partial charge is 0.497 e. The number of nitrogens with zero attached hydrogens (tertiary/aromatic N) is 2. The smallest absolute Gasteiger partial charge is 0.269 e. The number of nitrogens with one attached hydrogen (secondary N) is 1. The molecule has 8 heteroatoms. The second-order valence-electron chi connectivity index (χ2n) is 10.8. The molecule has 40 heavy (non-hydrogen) atoms. The highest BCUT2D eigenvalue weighted by molar-refractivity contribution is 6.13. The molecule has 1 spiro atoms. The highest BCUT2D eigenvalue weighted by Gasteiger charge is 2.69. The maximum absolute atomic E-state index is 14.8. The molecule has 3 heterocycles. The van der Waals surface area contributed by atoms with Crippen LogP contribution < -0.4 is 10.1 Å². The van der Waals surface area contributed by atoms with Crippen LogP contribution in [-0.2, 0) is 10.3 Å². The second kappa shape index (κ2) is 8.99. The van der Waals surface area contributed by atoms with E-state index in [1.807, 2.05) is 60.7 Å². The maximum Gasteiger partial charge on any atom is 0.269 e. The zero-order valence-electron chi connectivity index (χ0n) is 21.9. The van der Waals surface area contributed by atoms with E-state index in [0.29, 0.717) is 23.5 Å². The van der Waals surface area contributed by atoms with Crippen molar-refractivity contribution in [2.45, 2.75) is 30.3 Å². The standard InChI is InChI=1S/C32H27N3O5/c1-40-24-14-15-26-25(18-24)32(31(37)33-26)29(30(36)22-9-8-19-5-2-3-6-21(19)17-22)28(27-7-4-16-34(27)32)20-10-12-23(13-11-20)35(38)39/h2-3,5-6,8-15,17-18,27-29H,4,7,16H2,1H3,(H,33,37)/t27?,28?,29?,32-/m1/s1. The van der Waals surface area contributed by atoms with Crippen molar-refractivity contribution in [3.8, 4) is 5.75 Å². The fraction of sp³-hybridized carbons (Fsp3) is 0.250. The molecule has 3 aliphatic rings. The van der Waals surface area contributed by atoms with Gasteiger partial charge in [-0.1, -0.05) is 48.5 Å².